The van der Waals surface area contributed by atoms with Crippen LogP contribution in [0.1, 0.15) is 29.7 Å². The fourth-order valence-electron chi connectivity index (χ4n) is 3.31. The summed E-state index contributed by atoms with van der Waals surface area (Å²) in [5, 5.41) is 7.98. The molecule has 0 unspecified atom stereocenters. The van der Waals surface area contributed by atoms with Crippen molar-refractivity contribution in [2.24, 2.45) is 0 Å². The molecule has 2 aromatic heterocycles. The molecule has 2 aromatic carbocycles. The monoisotopic (exact) mass is 432 g/mol. The van der Waals surface area contributed by atoms with E-state index >= 15 is 0 Å². The maximum atomic E-state index is 12.6. The highest BCUT2D eigenvalue weighted by atomic mass is 32.2. The molecular formula is C23H24N6OS. The summed E-state index contributed by atoms with van der Waals surface area (Å²) in [5.74, 6) is 0.261. The first kappa shape index (κ1) is 20.9. The van der Waals surface area contributed by atoms with Gasteiger partial charge in [-0.2, -0.15) is 5.10 Å². The summed E-state index contributed by atoms with van der Waals surface area (Å²) in [4.78, 5) is 20.9. The summed E-state index contributed by atoms with van der Waals surface area (Å²) in [6.07, 6.45) is 6.85. The number of aryl methyl sites for hydroxylation is 2. The van der Waals surface area contributed by atoms with E-state index in [-0.39, 0.29) is 11.9 Å². The molecule has 1 amide bonds. The number of amides is 1. The standard InChI is InChI=1S/C23H24N6OS/c1-16-4-5-17(2)21(12-16)28-11-10-25-23(28)31-13-22(30)27-18(3)19-6-8-20(9-7-19)29-15-24-14-26-29/h4-12,14-15,18H,13H2,1-3H3,(H,27,30)/t18-/m0/s1. The van der Waals surface area contributed by atoms with Crippen LogP contribution in [0.15, 0.2) is 72.7 Å². The summed E-state index contributed by atoms with van der Waals surface area (Å²) >= 11 is 1.43. The number of nitrogens with one attached hydrogen (secondary N) is 1. The molecule has 0 aliphatic heterocycles. The molecule has 31 heavy (non-hydrogen) atoms. The summed E-state index contributed by atoms with van der Waals surface area (Å²) < 4.78 is 3.73. The molecular weight excluding hydrogens is 408 g/mol. The second kappa shape index (κ2) is 9.18. The molecule has 1 atom stereocenters. The number of rotatable bonds is 7. The molecule has 0 aliphatic carbocycles. The third-order valence-electron chi connectivity index (χ3n) is 5.02. The minimum absolute atomic E-state index is 0.0339. The van der Waals surface area contributed by atoms with E-state index < -0.39 is 0 Å². The zero-order valence-electron chi connectivity index (χ0n) is 17.7. The summed E-state index contributed by atoms with van der Waals surface area (Å²) in [6.45, 7) is 6.12. The topological polar surface area (TPSA) is 77.6 Å². The highest BCUT2D eigenvalue weighted by molar-refractivity contribution is 7.99. The fourth-order valence-corrected chi connectivity index (χ4v) is 4.09. The van der Waals surface area contributed by atoms with Gasteiger partial charge in [0, 0.05) is 12.4 Å². The second-order valence-corrected chi connectivity index (χ2v) is 8.32. The Morgan fingerprint density at radius 1 is 1.16 bits per heavy atom. The van der Waals surface area contributed by atoms with Gasteiger partial charge in [-0.15, -0.1) is 0 Å². The van der Waals surface area contributed by atoms with Crippen LogP contribution in [0.3, 0.4) is 0 Å². The molecule has 4 aromatic rings. The van der Waals surface area contributed by atoms with E-state index in [0.717, 1.165) is 27.7 Å². The van der Waals surface area contributed by atoms with Gasteiger partial charge < -0.3 is 5.32 Å². The van der Waals surface area contributed by atoms with Crippen LogP contribution in [0.25, 0.3) is 11.4 Å². The molecule has 8 heteroatoms. The normalized spacial score (nSPS) is 12.0. The molecule has 0 saturated heterocycles. The Balaban J connectivity index is 1.37. The van der Waals surface area contributed by atoms with Gasteiger partial charge in [-0.05, 0) is 55.7 Å². The molecule has 0 bridgehead atoms. The van der Waals surface area contributed by atoms with E-state index in [0.29, 0.717) is 5.75 Å². The van der Waals surface area contributed by atoms with E-state index in [1.165, 1.54) is 23.7 Å². The van der Waals surface area contributed by atoms with Crippen molar-refractivity contribution in [3.63, 3.8) is 0 Å². The lowest BCUT2D eigenvalue weighted by atomic mass is 10.1. The molecule has 0 radical (unpaired) electrons. The van der Waals surface area contributed by atoms with Gasteiger partial charge in [0.2, 0.25) is 5.91 Å². The van der Waals surface area contributed by atoms with Crippen LogP contribution in [0, 0.1) is 13.8 Å². The largest absolute Gasteiger partial charge is 0.349 e. The Morgan fingerprint density at radius 2 is 1.97 bits per heavy atom. The van der Waals surface area contributed by atoms with Crippen LogP contribution in [0.4, 0.5) is 0 Å². The minimum atomic E-state index is -0.100. The average Bonchev–Trinajstić information content (AvgIpc) is 3.46. The Labute approximate surface area is 185 Å². The van der Waals surface area contributed by atoms with Crippen LogP contribution < -0.4 is 5.32 Å². The average molecular weight is 433 g/mol. The zero-order valence-corrected chi connectivity index (χ0v) is 18.5. The van der Waals surface area contributed by atoms with Gasteiger partial charge in [0.15, 0.2) is 5.16 Å². The Morgan fingerprint density at radius 3 is 2.71 bits per heavy atom. The van der Waals surface area contributed by atoms with Crippen molar-refractivity contribution in [1.82, 2.24) is 29.6 Å². The number of aromatic nitrogens is 5. The number of imidazole rings is 1. The molecule has 0 spiro atoms. The first-order chi connectivity index (χ1) is 15.0. The van der Waals surface area contributed by atoms with Gasteiger partial charge in [0.05, 0.1) is 23.2 Å². The molecule has 0 saturated carbocycles. The van der Waals surface area contributed by atoms with Crippen molar-refractivity contribution in [3.8, 4) is 11.4 Å². The smallest absolute Gasteiger partial charge is 0.230 e. The predicted molar refractivity (Wildman–Crippen MR) is 122 cm³/mol. The highest BCUT2D eigenvalue weighted by Gasteiger charge is 2.13. The van der Waals surface area contributed by atoms with Crippen molar-refractivity contribution in [1.29, 1.82) is 0 Å². The number of benzene rings is 2. The van der Waals surface area contributed by atoms with Crippen LogP contribution >= 0.6 is 11.8 Å². The lowest BCUT2D eigenvalue weighted by molar-refractivity contribution is -0.119. The Bertz CT molecular complexity index is 1170. The number of thioether (sulfide) groups is 1. The third kappa shape index (κ3) is 4.86. The van der Waals surface area contributed by atoms with E-state index in [2.05, 4.69) is 52.4 Å². The van der Waals surface area contributed by atoms with Gasteiger partial charge in [0.1, 0.15) is 12.7 Å². The van der Waals surface area contributed by atoms with Gasteiger partial charge >= 0.3 is 0 Å². The highest BCUT2D eigenvalue weighted by Crippen LogP contribution is 2.24. The summed E-state index contributed by atoms with van der Waals surface area (Å²) in [7, 11) is 0. The molecule has 0 aliphatic rings. The van der Waals surface area contributed by atoms with Crippen molar-refractivity contribution in [2.75, 3.05) is 5.75 Å². The first-order valence-corrected chi connectivity index (χ1v) is 11.0. The molecule has 1 N–H and O–H groups in total. The summed E-state index contributed by atoms with van der Waals surface area (Å²) in [6, 6.07) is 14.1. The molecule has 158 valence electrons. The zero-order chi connectivity index (χ0) is 21.8. The van der Waals surface area contributed by atoms with Crippen molar-refractivity contribution >= 4 is 17.7 Å². The minimum Gasteiger partial charge on any atom is -0.349 e. The fraction of sp³-hybridized carbons (Fsp3) is 0.217. The molecule has 4 rings (SSSR count). The molecule has 2 heterocycles. The van der Waals surface area contributed by atoms with E-state index in [4.69, 9.17) is 0 Å². The SMILES string of the molecule is Cc1ccc(C)c(-n2ccnc2SCC(=O)N[C@@H](C)c2ccc(-n3cncn3)cc2)c1. The lowest BCUT2D eigenvalue weighted by Crippen LogP contribution is -2.28. The lowest BCUT2D eigenvalue weighted by Gasteiger charge is -2.15. The first-order valence-electron chi connectivity index (χ1n) is 9.99. The number of hydrogen-bond acceptors (Lipinski definition) is 5. The van der Waals surface area contributed by atoms with Crippen molar-refractivity contribution in [3.05, 3.63) is 84.2 Å². The second-order valence-electron chi connectivity index (χ2n) is 7.38. The van der Waals surface area contributed by atoms with Gasteiger partial charge in [-0.3, -0.25) is 9.36 Å². The number of nitrogens with zero attached hydrogens (tertiary/aromatic N) is 5. The Kier molecular flexibility index (Phi) is 6.18. The van der Waals surface area contributed by atoms with E-state index in [1.54, 1.807) is 17.2 Å². The van der Waals surface area contributed by atoms with Gasteiger partial charge in [0.25, 0.3) is 0 Å². The van der Waals surface area contributed by atoms with Crippen LogP contribution in [-0.2, 0) is 4.79 Å². The van der Waals surface area contributed by atoms with E-state index in [1.807, 2.05) is 42.0 Å². The molecule has 0 fully saturated rings. The number of hydrogen-bond donors (Lipinski definition) is 1. The van der Waals surface area contributed by atoms with Gasteiger partial charge in [-0.25, -0.2) is 14.6 Å². The maximum absolute atomic E-state index is 12.6. The van der Waals surface area contributed by atoms with Gasteiger partial charge in [-0.1, -0.05) is 36.0 Å². The molecule has 7 nitrogen and oxygen atoms in total. The van der Waals surface area contributed by atoms with E-state index in [9.17, 15) is 4.79 Å². The summed E-state index contributed by atoms with van der Waals surface area (Å²) in [5.41, 5.74) is 5.39. The van der Waals surface area contributed by atoms with Crippen LogP contribution in [0.5, 0.6) is 0 Å². The van der Waals surface area contributed by atoms with Crippen molar-refractivity contribution in [2.45, 2.75) is 32.0 Å². The van der Waals surface area contributed by atoms with Crippen molar-refractivity contribution < 1.29 is 4.79 Å². The third-order valence-corrected chi connectivity index (χ3v) is 5.98. The van der Waals surface area contributed by atoms with Crippen LogP contribution in [0.2, 0.25) is 0 Å². The quantitative estimate of drug-likeness (QED) is 0.446. The maximum Gasteiger partial charge on any atom is 0.230 e. The number of carbonyl (C=O) groups is 1. The predicted octanol–water partition coefficient (Wildman–Crippen LogP) is 4.04. The number of carbonyl (C=O) groups excluding carboxylic acids is 1. The Hall–Kier alpha value is -3.39. The van der Waals surface area contributed by atoms with Crippen LogP contribution in [-0.4, -0.2) is 36.0 Å².